The maximum absolute atomic E-state index is 13.0. The van der Waals surface area contributed by atoms with Crippen LogP contribution in [0.5, 0.6) is 17.2 Å². The topological polar surface area (TPSA) is 169 Å². The second-order valence-electron chi connectivity index (χ2n) is 7.88. The van der Waals surface area contributed by atoms with E-state index in [9.17, 15) is 4.79 Å². The molecule has 35 heavy (non-hydrogen) atoms. The predicted octanol–water partition coefficient (Wildman–Crippen LogP) is -0.409. The Hall–Kier alpha value is -4.20. The summed E-state index contributed by atoms with van der Waals surface area (Å²) < 4.78 is 22.2. The number of piperidine rings is 1. The highest BCUT2D eigenvalue weighted by atomic mass is 16.6. The number of quaternary nitrogens is 1. The number of benzene rings is 1. The van der Waals surface area contributed by atoms with Gasteiger partial charge in [0, 0.05) is 5.56 Å². The van der Waals surface area contributed by atoms with E-state index in [1.54, 1.807) is 12.1 Å². The SMILES string of the molecule is COc1ccc(/C=N\NC(=O)c2nnn(-c3nonc3N)c2C[NH+]2CCCCC2)c(OC)c1OC. The van der Waals surface area contributed by atoms with Crippen LogP contribution in [-0.2, 0) is 6.54 Å². The fourth-order valence-electron chi connectivity index (χ4n) is 4.05. The number of hydrogen-bond donors (Lipinski definition) is 3. The zero-order valence-electron chi connectivity index (χ0n) is 19.8. The molecule has 14 nitrogen and oxygen atoms in total. The molecule has 3 heterocycles. The maximum atomic E-state index is 13.0. The number of ether oxygens (including phenoxy) is 3. The van der Waals surface area contributed by atoms with Crippen LogP contribution in [0.25, 0.3) is 5.82 Å². The summed E-state index contributed by atoms with van der Waals surface area (Å²) in [6.07, 6.45) is 4.87. The summed E-state index contributed by atoms with van der Waals surface area (Å²) in [7, 11) is 4.55. The number of aromatic nitrogens is 5. The van der Waals surface area contributed by atoms with Crippen LogP contribution in [0.3, 0.4) is 0 Å². The Morgan fingerprint density at radius 3 is 2.60 bits per heavy atom. The summed E-state index contributed by atoms with van der Waals surface area (Å²) in [5, 5.41) is 19.7. The Morgan fingerprint density at radius 1 is 1.17 bits per heavy atom. The molecule has 0 unspecified atom stereocenters. The quantitative estimate of drug-likeness (QED) is 0.267. The lowest BCUT2D eigenvalue weighted by molar-refractivity contribution is -0.918. The van der Waals surface area contributed by atoms with Crippen molar-refractivity contribution in [3.8, 4) is 23.1 Å². The molecule has 4 rings (SSSR count). The fourth-order valence-corrected chi connectivity index (χ4v) is 4.05. The maximum Gasteiger partial charge on any atom is 0.294 e. The summed E-state index contributed by atoms with van der Waals surface area (Å²) in [4.78, 5) is 14.3. The molecule has 0 radical (unpaired) electrons. The Morgan fingerprint density at radius 2 is 1.94 bits per heavy atom. The molecule has 0 bridgehead atoms. The number of carbonyl (C=O) groups is 1. The van der Waals surface area contributed by atoms with Gasteiger partial charge in [0.1, 0.15) is 12.2 Å². The molecule has 186 valence electrons. The minimum Gasteiger partial charge on any atom is -0.493 e. The lowest BCUT2D eigenvalue weighted by atomic mass is 10.1. The Labute approximate surface area is 201 Å². The number of rotatable bonds is 9. The highest BCUT2D eigenvalue weighted by Crippen LogP contribution is 2.38. The van der Waals surface area contributed by atoms with Gasteiger partial charge < -0.3 is 24.8 Å². The highest BCUT2D eigenvalue weighted by molar-refractivity contribution is 5.94. The molecule has 0 saturated carbocycles. The van der Waals surface area contributed by atoms with Gasteiger partial charge in [-0.25, -0.2) is 10.1 Å². The molecule has 2 aromatic heterocycles. The summed E-state index contributed by atoms with van der Waals surface area (Å²) in [6.45, 7) is 2.47. The molecule has 4 N–H and O–H groups in total. The van der Waals surface area contributed by atoms with Crippen LogP contribution >= 0.6 is 0 Å². The molecule has 1 aromatic carbocycles. The second kappa shape index (κ2) is 10.8. The molecular formula is C21H28N9O5+. The third-order valence-corrected chi connectivity index (χ3v) is 5.76. The normalized spacial score (nSPS) is 14.3. The predicted molar refractivity (Wildman–Crippen MR) is 123 cm³/mol. The molecule has 1 amide bonds. The summed E-state index contributed by atoms with van der Waals surface area (Å²) in [5.74, 6) is 1.04. The Kier molecular flexibility index (Phi) is 7.40. The molecule has 1 aliphatic rings. The number of nitrogens with one attached hydrogen (secondary N) is 2. The number of anilines is 1. The van der Waals surface area contributed by atoms with E-state index in [-0.39, 0.29) is 17.3 Å². The van der Waals surface area contributed by atoms with E-state index in [1.807, 2.05) is 0 Å². The van der Waals surface area contributed by atoms with Crippen LogP contribution in [0.1, 0.15) is 41.0 Å². The van der Waals surface area contributed by atoms with Gasteiger partial charge in [0.2, 0.25) is 17.4 Å². The first kappa shape index (κ1) is 23.9. The number of nitrogens with two attached hydrogens (primary N) is 1. The molecular weight excluding hydrogens is 458 g/mol. The van der Waals surface area contributed by atoms with Gasteiger partial charge >= 0.3 is 0 Å². The van der Waals surface area contributed by atoms with Crippen molar-refractivity contribution in [1.82, 2.24) is 30.7 Å². The van der Waals surface area contributed by atoms with Gasteiger partial charge in [-0.15, -0.1) is 5.10 Å². The average molecular weight is 487 g/mol. The monoisotopic (exact) mass is 486 g/mol. The first-order chi connectivity index (χ1) is 17.1. The highest BCUT2D eigenvalue weighted by Gasteiger charge is 2.28. The van der Waals surface area contributed by atoms with Crippen molar-refractivity contribution in [2.24, 2.45) is 5.10 Å². The molecule has 3 aromatic rings. The van der Waals surface area contributed by atoms with Gasteiger partial charge in [0.15, 0.2) is 17.2 Å². The minimum atomic E-state index is -0.534. The van der Waals surface area contributed by atoms with Gasteiger partial charge in [-0.1, -0.05) is 5.21 Å². The number of amides is 1. The van der Waals surface area contributed by atoms with Crippen molar-refractivity contribution >= 4 is 17.9 Å². The van der Waals surface area contributed by atoms with Crippen molar-refractivity contribution in [1.29, 1.82) is 0 Å². The lowest BCUT2D eigenvalue weighted by Crippen LogP contribution is -3.11. The van der Waals surface area contributed by atoms with E-state index in [1.165, 1.54) is 43.5 Å². The molecule has 1 saturated heterocycles. The van der Waals surface area contributed by atoms with E-state index in [0.717, 1.165) is 25.9 Å². The van der Waals surface area contributed by atoms with Crippen LogP contribution in [0, 0.1) is 0 Å². The van der Waals surface area contributed by atoms with Crippen LogP contribution < -0.4 is 30.3 Å². The first-order valence-electron chi connectivity index (χ1n) is 11.1. The summed E-state index contributed by atoms with van der Waals surface area (Å²) >= 11 is 0. The molecule has 14 heteroatoms. The van der Waals surface area contributed by atoms with Gasteiger partial charge in [-0.05, 0) is 41.7 Å². The van der Waals surface area contributed by atoms with Crippen molar-refractivity contribution < 1.29 is 28.5 Å². The molecule has 1 aliphatic heterocycles. The number of likely N-dealkylation sites (tertiary alicyclic amines) is 1. The van der Waals surface area contributed by atoms with Crippen molar-refractivity contribution in [3.05, 3.63) is 29.1 Å². The van der Waals surface area contributed by atoms with Gasteiger partial charge in [-0.3, -0.25) is 4.79 Å². The third kappa shape index (κ3) is 5.01. The van der Waals surface area contributed by atoms with Crippen molar-refractivity contribution in [3.63, 3.8) is 0 Å². The number of nitrogens with zero attached hydrogens (tertiary/aromatic N) is 6. The van der Waals surface area contributed by atoms with Crippen LogP contribution in [0.15, 0.2) is 21.9 Å². The molecule has 0 aliphatic carbocycles. The van der Waals surface area contributed by atoms with Crippen molar-refractivity contribution in [2.75, 3.05) is 40.2 Å². The number of methoxy groups -OCH3 is 3. The molecule has 0 spiro atoms. The third-order valence-electron chi connectivity index (χ3n) is 5.76. The smallest absolute Gasteiger partial charge is 0.294 e. The number of hydrazone groups is 1. The summed E-state index contributed by atoms with van der Waals surface area (Å²) in [5.41, 5.74) is 9.59. The Balaban J connectivity index is 1.58. The molecule has 1 fully saturated rings. The average Bonchev–Trinajstić information content (AvgIpc) is 3.49. The van der Waals surface area contributed by atoms with Gasteiger partial charge in [-0.2, -0.15) is 9.78 Å². The van der Waals surface area contributed by atoms with E-state index in [4.69, 9.17) is 24.6 Å². The van der Waals surface area contributed by atoms with E-state index in [0.29, 0.717) is 35.1 Å². The number of hydrogen-bond acceptors (Lipinski definition) is 11. The standard InChI is InChI=1S/C21H27N9O5/c1-32-15-8-7-13(17(33-2)18(15)34-3)11-23-25-21(31)16-14(12-29-9-5-4-6-10-29)30(28-24-16)20-19(22)26-35-27-20/h7-8,11H,4-6,9-10,12H2,1-3H3,(H2,22,26)(H,25,31)/p+1/b23-11-. The number of carbonyl (C=O) groups excluding carboxylic acids is 1. The van der Waals surface area contributed by atoms with Crippen LogP contribution in [-0.4, -0.2) is 71.8 Å². The zero-order chi connectivity index (χ0) is 24.8. The van der Waals surface area contributed by atoms with E-state index < -0.39 is 5.91 Å². The second-order valence-corrected chi connectivity index (χ2v) is 7.88. The van der Waals surface area contributed by atoms with E-state index in [2.05, 4.69) is 31.2 Å². The van der Waals surface area contributed by atoms with Gasteiger partial charge in [0.25, 0.3) is 5.91 Å². The number of nitrogen functional groups attached to an aromatic ring is 1. The minimum absolute atomic E-state index is 0.0512. The zero-order valence-corrected chi connectivity index (χ0v) is 19.8. The van der Waals surface area contributed by atoms with Crippen LogP contribution in [0.4, 0.5) is 5.82 Å². The van der Waals surface area contributed by atoms with Gasteiger partial charge in [0.05, 0.1) is 40.6 Å². The van der Waals surface area contributed by atoms with Crippen molar-refractivity contribution in [2.45, 2.75) is 25.8 Å². The van der Waals surface area contributed by atoms with Crippen LogP contribution in [0.2, 0.25) is 0 Å². The fraction of sp³-hybridized carbons (Fsp3) is 0.429. The largest absolute Gasteiger partial charge is 0.493 e. The first-order valence-corrected chi connectivity index (χ1v) is 11.1. The lowest BCUT2D eigenvalue weighted by Gasteiger charge is -2.23. The summed E-state index contributed by atoms with van der Waals surface area (Å²) in [6, 6.07) is 3.45. The Bertz CT molecular complexity index is 1200. The van der Waals surface area contributed by atoms with E-state index >= 15 is 0 Å². The molecule has 0 atom stereocenters.